The zero-order chi connectivity index (χ0) is 16.1. The summed E-state index contributed by atoms with van der Waals surface area (Å²) in [5.41, 5.74) is 0.562. The van der Waals surface area contributed by atoms with Crippen molar-refractivity contribution in [1.29, 1.82) is 0 Å². The molecular formula is C17H20N4OS. The third-order valence-corrected chi connectivity index (χ3v) is 4.80. The Morgan fingerprint density at radius 3 is 2.87 bits per heavy atom. The van der Waals surface area contributed by atoms with Crippen LogP contribution in [-0.4, -0.2) is 38.6 Å². The summed E-state index contributed by atoms with van der Waals surface area (Å²) < 4.78 is 1.35. The molecule has 0 saturated carbocycles. The number of amidine groups is 1. The molecule has 0 atom stereocenters. The lowest BCUT2D eigenvalue weighted by atomic mass is 10.1. The fourth-order valence-corrected chi connectivity index (χ4v) is 3.40. The molecule has 0 N–H and O–H groups in total. The summed E-state index contributed by atoms with van der Waals surface area (Å²) in [6.45, 7) is 5.74. The highest BCUT2D eigenvalue weighted by molar-refractivity contribution is 8.13. The molecule has 1 aliphatic heterocycles. The van der Waals surface area contributed by atoms with Crippen molar-refractivity contribution in [3.8, 4) is 0 Å². The van der Waals surface area contributed by atoms with Gasteiger partial charge >= 0.3 is 0 Å². The number of nitrogens with zero attached hydrogens (tertiary/aromatic N) is 4. The van der Waals surface area contributed by atoms with E-state index in [2.05, 4.69) is 21.6 Å². The van der Waals surface area contributed by atoms with Crippen molar-refractivity contribution < 1.29 is 0 Å². The molecule has 0 amide bonds. The summed E-state index contributed by atoms with van der Waals surface area (Å²) in [5, 5.41) is 6.02. The highest BCUT2D eigenvalue weighted by Crippen LogP contribution is 2.16. The number of rotatable bonds is 3. The van der Waals surface area contributed by atoms with Crippen LogP contribution in [-0.2, 0) is 0 Å². The summed E-state index contributed by atoms with van der Waals surface area (Å²) in [6.07, 6.45) is 6.94. The van der Waals surface area contributed by atoms with E-state index in [4.69, 9.17) is 0 Å². The Balaban J connectivity index is 1.99. The zero-order valence-corrected chi connectivity index (χ0v) is 13.8. The SMILES string of the molecule is C=CCS/C(=N/n1cnc2ccccc2c1=O)N1CCCCC1. The number of benzene rings is 1. The standard InChI is InChI=1S/C17H20N4OS/c1-2-12-23-17(20-10-6-3-7-11-20)19-21-13-18-15-9-5-4-8-14(15)16(21)22/h2,4-5,8-9,13H,1,3,6-7,10-12H2/b19-17+. The van der Waals surface area contributed by atoms with Gasteiger partial charge in [0.25, 0.3) is 5.56 Å². The molecule has 1 saturated heterocycles. The second kappa shape index (κ2) is 7.46. The Bertz CT molecular complexity index is 778. The summed E-state index contributed by atoms with van der Waals surface area (Å²) >= 11 is 1.61. The molecule has 2 heterocycles. The lowest BCUT2D eigenvalue weighted by Gasteiger charge is -2.28. The number of piperidine rings is 1. The molecule has 1 fully saturated rings. The summed E-state index contributed by atoms with van der Waals surface area (Å²) in [7, 11) is 0. The highest BCUT2D eigenvalue weighted by atomic mass is 32.2. The predicted octanol–water partition coefficient (Wildman–Crippen LogP) is 2.92. The predicted molar refractivity (Wildman–Crippen MR) is 96.9 cm³/mol. The second-order valence-corrected chi connectivity index (χ2v) is 6.43. The van der Waals surface area contributed by atoms with Crippen molar-refractivity contribution in [1.82, 2.24) is 14.6 Å². The normalized spacial score (nSPS) is 15.8. The molecule has 1 aliphatic rings. The largest absolute Gasteiger partial charge is 0.350 e. The maximum Gasteiger partial charge on any atom is 0.281 e. The third-order valence-electron chi connectivity index (χ3n) is 3.80. The molecule has 23 heavy (non-hydrogen) atoms. The van der Waals surface area contributed by atoms with Crippen molar-refractivity contribution in [3.63, 3.8) is 0 Å². The Labute approximate surface area is 139 Å². The Morgan fingerprint density at radius 1 is 1.30 bits per heavy atom. The van der Waals surface area contributed by atoms with E-state index in [1.54, 1.807) is 17.8 Å². The van der Waals surface area contributed by atoms with Crippen LogP contribution in [0.25, 0.3) is 10.9 Å². The number of thioether (sulfide) groups is 1. The summed E-state index contributed by atoms with van der Waals surface area (Å²) in [6, 6.07) is 7.34. The van der Waals surface area contributed by atoms with Gasteiger partial charge in [-0.15, -0.1) is 11.7 Å². The molecule has 5 nitrogen and oxygen atoms in total. The monoisotopic (exact) mass is 328 g/mol. The van der Waals surface area contributed by atoms with Gasteiger partial charge in [-0.3, -0.25) is 4.79 Å². The molecule has 0 unspecified atom stereocenters. The fraction of sp³-hybridized carbons (Fsp3) is 0.353. The highest BCUT2D eigenvalue weighted by Gasteiger charge is 2.16. The average Bonchev–Trinajstić information content (AvgIpc) is 2.61. The van der Waals surface area contributed by atoms with E-state index in [1.165, 1.54) is 30.3 Å². The van der Waals surface area contributed by atoms with Gasteiger partial charge in [0.05, 0.1) is 10.9 Å². The molecule has 0 spiro atoms. The van der Waals surface area contributed by atoms with E-state index in [1.807, 2.05) is 24.3 Å². The maximum absolute atomic E-state index is 12.6. The molecule has 120 valence electrons. The minimum absolute atomic E-state index is 0.135. The summed E-state index contributed by atoms with van der Waals surface area (Å²) in [5.74, 6) is 0.769. The molecule has 0 aliphatic carbocycles. The van der Waals surface area contributed by atoms with Crippen LogP contribution in [0, 0.1) is 0 Å². The number of likely N-dealkylation sites (tertiary alicyclic amines) is 1. The van der Waals surface area contributed by atoms with E-state index < -0.39 is 0 Å². The van der Waals surface area contributed by atoms with Crippen molar-refractivity contribution >= 4 is 27.8 Å². The fourth-order valence-electron chi connectivity index (χ4n) is 2.63. The van der Waals surface area contributed by atoms with Gasteiger partial charge in [-0.2, -0.15) is 4.68 Å². The van der Waals surface area contributed by atoms with Gasteiger partial charge in [-0.25, -0.2) is 4.98 Å². The first-order valence-corrected chi connectivity index (χ1v) is 8.82. The first kappa shape index (κ1) is 15.8. The molecule has 0 radical (unpaired) electrons. The Kier molecular flexibility index (Phi) is 5.12. The quantitative estimate of drug-likeness (QED) is 0.494. The van der Waals surface area contributed by atoms with Crippen LogP contribution in [0.15, 0.2) is 53.1 Å². The lowest BCUT2D eigenvalue weighted by Crippen LogP contribution is -2.35. The maximum atomic E-state index is 12.6. The van der Waals surface area contributed by atoms with E-state index in [-0.39, 0.29) is 5.56 Å². The second-order valence-electron chi connectivity index (χ2n) is 5.44. The van der Waals surface area contributed by atoms with Crippen LogP contribution in [0.1, 0.15) is 19.3 Å². The molecule has 1 aromatic carbocycles. The van der Waals surface area contributed by atoms with Crippen molar-refractivity contribution in [2.24, 2.45) is 5.10 Å². The molecule has 1 aromatic heterocycles. The van der Waals surface area contributed by atoms with Crippen LogP contribution < -0.4 is 5.56 Å². The van der Waals surface area contributed by atoms with E-state index in [0.717, 1.165) is 24.0 Å². The molecular weight excluding hydrogens is 308 g/mol. The average molecular weight is 328 g/mol. The van der Waals surface area contributed by atoms with Gasteiger partial charge < -0.3 is 4.90 Å². The van der Waals surface area contributed by atoms with Gasteiger partial charge in [0.2, 0.25) is 0 Å². The molecule has 6 heteroatoms. The van der Waals surface area contributed by atoms with Gasteiger partial charge in [0.15, 0.2) is 5.17 Å². The van der Waals surface area contributed by atoms with E-state index in [9.17, 15) is 4.79 Å². The van der Waals surface area contributed by atoms with Crippen molar-refractivity contribution in [3.05, 3.63) is 53.6 Å². The number of aromatic nitrogens is 2. The van der Waals surface area contributed by atoms with Crippen molar-refractivity contribution in [2.75, 3.05) is 18.8 Å². The first-order valence-electron chi connectivity index (χ1n) is 7.83. The number of hydrogen-bond acceptors (Lipinski definition) is 4. The van der Waals surface area contributed by atoms with E-state index >= 15 is 0 Å². The Morgan fingerprint density at radius 2 is 2.09 bits per heavy atom. The van der Waals surface area contributed by atoms with Crippen LogP contribution >= 0.6 is 11.8 Å². The molecule has 0 bridgehead atoms. The molecule has 2 aromatic rings. The number of para-hydroxylation sites is 1. The van der Waals surface area contributed by atoms with Gasteiger partial charge in [-0.1, -0.05) is 30.0 Å². The van der Waals surface area contributed by atoms with Gasteiger partial charge in [-0.05, 0) is 31.4 Å². The van der Waals surface area contributed by atoms with Crippen LogP contribution in [0.2, 0.25) is 0 Å². The third kappa shape index (κ3) is 3.64. The minimum Gasteiger partial charge on any atom is -0.350 e. The minimum atomic E-state index is -0.135. The molecule has 3 rings (SSSR count). The Hall–Kier alpha value is -2.08. The van der Waals surface area contributed by atoms with Crippen LogP contribution in [0.5, 0.6) is 0 Å². The van der Waals surface area contributed by atoms with Crippen molar-refractivity contribution in [2.45, 2.75) is 19.3 Å². The first-order chi connectivity index (χ1) is 11.3. The van der Waals surface area contributed by atoms with Gasteiger partial charge in [0, 0.05) is 18.8 Å². The smallest absolute Gasteiger partial charge is 0.281 e. The number of fused-ring (bicyclic) bond motifs is 1. The lowest BCUT2D eigenvalue weighted by molar-refractivity contribution is 0.346. The van der Waals surface area contributed by atoms with E-state index in [0.29, 0.717) is 10.9 Å². The van der Waals surface area contributed by atoms with Crippen LogP contribution in [0.4, 0.5) is 0 Å². The van der Waals surface area contributed by atoms with Crippen LogP contribution in [0.3, 0.4) is 0 Å². The topological polar surface area (TPSA) is 50.5 Å². The van der Waals surface area contributed by atoms with Gasteiger partial charge in [0.1, 0.15) is 6.33 Å². The summed E-state index contributed by atoms with van der Waals surface area (Å²) in [4.78, 5) is 19.2. The number of hydrogen-bond donors (Lipinski definition) is 0. The zero-order valence-electron chi connectivity index (χ0n) is 13.0.